The first-order valence-corrected chi connectivity index (χ1v) is 8.14. The second-order valence-corrected chi connectivity index (χ2v) is 6.18. The highest BCUT2D eigenvalue weighted by Crippen LogP contribution is 2.34. The molecule has 1 N–H and O–H groups in total. The van der Waals surface area contributed by atoms with Crippen molar-refractivity contribution < 1.29 is 14.3 Å². The molecular formula is C18H14Cl2N2O3. The van der Waals surface area contributed by atoms with Crippen LogP contribution in [0.1, 0.15) is 5.56 Å². The van der Waals surface area contributed by atoms with Crippen LogP contribution in [0, 0.1) is 6.92 Å². The van der Waals surface area contributed by atoms with E-state index in [1.807, 2.05) is 6.92 Å². The van der Waals surface area contributed by atoms with Gasteiger partial charge in [-0.2, -0.15) is 0 Å². The fourth-order valence-electron chi connectivity index (χ4n) is 2.45. The molecule has 128 valence electrons. The first-order chi connectivity index (χ1) is 11.9. The van der Waals surface area contributed by atoms with Crippen LogP contribution < -0.4 is 15.0 Å². The Morgan fingerprint density at radius 3 is 2.44 bits per heavy atom. The topological polar surface area (TPSA) is 58.6 Å². The van der Waals surface area contributed by atoms with E-state index in [9.17, 15) is 9.59 Å². The van der Waals surface area contributed by atoms with Crippen molar-refractivity contribution in [1.82, 2.24) is 0 Å². The number of carbonyl (C=O) groups is 2. The third kappa shape index (κ3) is 3.08. The van der Waals surface area contributed by atoms with Gasteiger partial charge in [0.25, 0.3) is 11.8 Å². The standard InChI is InChI=1S/C18H14Cl2N2O3/c1-10-7-8-11(9-12(10)19)22-17(23)15(20)16(18(22)24)21-13-5-3-4-6-14(13)25-2/h3-9,21H,1-2H3. The number of imide groups is 1. The molecule has 0 saturated carbocycles. The molecule has 0 spiro atoms. The quantitative estimate of drug-likeness (QED) is 0.816. The number of halogens is 2. The number of ether oxygens (including phenoxy) is 1. The third-order valence-corrected chi connectivity index (χ3v) is 4.57. The Morgan fingerprint density at radius 2 is 1.76 bits per heavy atom. The van der Waals surface area contributed by atoms with Crippen LogP contribution in [0.15, 0.2) is 53.2 Å². The molecule has 0 atom stereocenters. The first-order valence-electron chi connectivity index (χ1n) is 7.38. The Balaban J connectivity index is 1.95. The largest absolute Gasteiger partial charge is 0.495 e. The number of nitrogens with one attached hydrogen (secondary N) is 1. The summed E-state index contributed by atoms with van der Waals surface area (Å²) in [6.07, 6.45) is 0. The van der Waals surface area contributed by atoms with Crippen LogP contribution in [0.25, 0.3) is 0 Å². The predicted octanol–water partition coefficient (Wildman–Crippen LogP) is 4.09. The summed E-state index contributed by atoms with van der Waals surface area (Å²) in [6, 6.07) is 12.0. The van der Waals surface area contributed by atoms with Crippen LogP contribution in [0.3, 0.4) is 0 Å². The van der Waals surface area contributed by atoms with E-state index < -0.39 is 11.8 Å². The van der Waals surface area contributed by atoms with Gasteiger partial charge in [-0.1, -0.05) is 41.4 Å². The molecule has 0 aliphatic carbocycles. The summed E-state index contributed by atoms with van der Waals surface area (Å²) >= 11 is 12.2. The number of anilines is 2. The maximum atomic E-state index is 12.7. The van der Waals surface area contributed by atoms with Gasteiger partial charge in [0.1, 0.15) is 16.5 Å². The number of hydrogen-bond acceptors (Lipinski definition) is 4. The number of carbonyl (C=O) groups excluding carboxylic acids is 2. The van der Waals surface area contributed by atoms with E-state index in [1.54, 1.807) is 42.5 Å². The number of rotatable bonds is 4. The highest BCUT2D eigenvalue weighted by molar-refractivity contribution is 6.53. The molecule has 2 aromatic rings. The molecule has 0 radical (unpaired) electrons. The van der Waals surface area contributed by atoms with Crippen molar-refractivity contribution in [3.8, 4) is 5.75 Å². The minimum atomic E-state index is -0.607. The fourth-order valence-corrected chi connectivity index (χ4v) is 2.84. The first kappa shape index (κ1) is 17.3. The van der Waals surface area contributed by atoms with Gasteiger partial charge in [0.15, 0.2) is 0 Å². The van der Waals surface area contributed by atoms with E-state index in [0.29, 0.717) is 22.1 Å². The molecule has 0 saturated heterocycles. The molecule has 3 rings (SSSR count). The lowest BCUT2D eigenvalue weighted by Gasteiger charge is -2.16. The summed E-state index contributed by atoms with van der Waals surface area (Å²) < 4.78 is 5.24. The van der Waals surface area contributed by atoms with Gasteiger partial charge in [0, 0.05) is 5.02 Å². The molecule has 0 fully saturated rings. The van der Waals surface area contributed by atoms with Crippen LogP contribution >= 0.6 is 23.2 Å². The molecule has 0 bridgehead atoms. The summed E-state index contributed by atoms with van der Waals surface area (Å²) in [5.74, 6) is -0.638. The van der Waals surface area contributed by atoms with E-state index >= 15 is 0 Å². The van der Waals surface area contributed by atoms with Gasteiger partial charge in [-0.15, -0.1) is 0 Å². The summed E-state index contributed by atoms with van der Waals surface area (Å²) in [5, 5.41) is 3.16. The Bertz CT molecular complexity index is 909. The lowest BCUT2D eigenvalue weighted by atomic mass is 10.2. The number of amides is 2. The molecular weight excluding hydrogens is 363 g/mol. The maximum absolute atomic E-state index is 12.7. The molecule has 7 heteroatoms. The van der Waals surface area contributed by atoms with Crippen molar-refractivity contribution >= 4 is 46.4 Å². The SMILES string of the molecule is COc1ccccc1NC1=C(Cl)C(=O)N(c2ccc(C)c(Cl)c2)C1=O. The van der Waals surface area contributed by atoms with E-state index in [-0.39, 0.29) is 10.7 Å². The van der Waals surface area contributed by atoms with Crippen molar-refractivity contribution in [1.29, 1.82) is 0 Å². The number of para-hydroxylation sites is 2. The molecule has 0 unspecified atom stereocenters. The second kappa shape index (κ2) is 6.78. The van der Waals surface area contributed by atoms with Crippen LogP contribution in [0.5, 0.6) is 5.75 Å². The minimum Gasteiger partial charge on any atom is -0.495 e. The van der Waals surface area contributed by atoms with Crippen LogP contribution in [0.4, 0.5) is 11.4 Å². The molecule has 5 nitrogen and oxygen atoms in total. The van der Waals surface area contributed by atoms with Crippen molar-refractivity contribution in [2.75, 3.05) is 17.3 Å². The highest BCUT2D eigenvalue weighted by atomic mass is 35.5. The Kier molecular flexibility index (Phi) is 4.70. The summed E-state index contributed by atoms with van der Waals surface area (Å²) in [7, 11) is 1.51. The van der Waals surface area contributed by atoms with Gasteiger partial charge >= 0.3 is 0 Å². The lowest BCUT2D eigenvalue weighted by molar-refractivity contribution is -0.120. The number of benzene rings is 2. The molecule has 2 amide bonds. The van der Waals surface area contributed by atoms with Gasteiger partial charge < -0.3 is 10.1 Å². The lowest BCUT2D eigenvalue weighted by Crippen LogP contribution is -2.32. The summed E-state index contributed by atoms with van der Waals surface area (Å²) in [5.41, 5.74) is 1.73. The van der Waals surface area contributed by atoms with Gasteiger partial charge in [-0.25, -0.2) is 4.90 Å². The number of nitrogens with zero attached hydrogens (tertiary/aromatic N) is 1. The molecule has 0 aromatic heterocycles. The monoisotopic (exact) mass is 376 g/mol. The van der Waals surface area contributed by atoms with Crippen molar-refractivity contribution in [2.45, 2.75) is 6.92 Å². The molecule has 1 aliphatic rings. The Labute approximate surface area is 154 Å². The molecule has 25 heavy (non-hydrogen) atoms. The zero-order chi connectivity index (χ0) is 18.1. The number of methoxy groups -OCH3 is 1. The second-order valence-electron chi connectivity index (χ2n) is 5.39. The van der Waals surface area contributed by atoms with Gasteiger partial charge in [0.2, 0.25) is 0 Å². The third-order valence-electron chi connectivity index (χ3n) is 3.81. The molecule has 1 heterocycles. The fraction of sp³-hybridized carbons (Fsp3) is 0.111. The van der Waals surface area contributed by atoms with Gasteiger partial charge in [-0.3, -0.25) is 9.59 Å². The summed E-state index contributed by atoms with van der Waals surface area (Å²) in [6.45, 7) is 1.83. The smallest absolute Gasteiger partial charge is 0.283 e. The zero-order valence-electron chi connectivity index (χ0n) is 13.5. The van der Waals surface area contributed by atoms with Crippen LogP contribution in [-0.4, -0.2) is 18.9 Å². The van der Waals surface area contributed by atoms with E-state index in [2.05, 4.69) is 5.32 Å². The van der Waals surface area contributed by atoms with Gasteiger partial charge in [0.05, 0.1) is 18.5 Å². The van der Waals surface area contributed by atoms with Crippen LogP contribution in [0.2, 0.25) is 5.02 Å². The molecule has 1 aliphatic heterocycles. The van der Waals surface area contributed by atoms with E-state index in [1.165, 1.54) is 7.11 Å². The predicted molar refractivity (Wildman–Crippen MR) is 98.2 cm³/mol. The zero-order valence-corrected chi connectivity index (χ0v) is 15.0. The summed E-state index contributed by atoms with van der Waals surface area (Å²) in [4.78, 5) is 26.2. The average molecular weight is 377 g/mol. The maximum Gasteiger partial charge on any atom is 0.283 e. The van der Waals surface area contributed by atoms with Crippen molar-refractivity contribution in [2.24, 2.45) is 0 Å². The minimum absolute atomic E-state index is 0.00661. The van der Waals surface area contributed by atoms with Crippen molar-refractivity contribution in [3.05, 3.63) is 63.8 Å². The normalized spacial score (nSPS) is 14.3. The molecule has 2 aromatic carbocycles. The Hall–Kier alpha value is -2.50. The highest BCUT2D eigenvalue weighted by Gasteiger charge is 2.39. The van der Waals surface area contributed by atoms with E-state index in [0.717, 1.165) is 10.5 Å². The van der Waals surface area contributed by atoms with E-state index in [4.69, 9.17) is 27.9 Å². The van der Waals surface area contributed by atoms with Crippen molar-refractivity contribution in [3.63, 3.8) is 0 Å². The average Bonchev–Trinajstić information content (AvgIpc) is 2.81. The number of aryl methyl sites for hydroxylation is 1. The Morgan fingerprint density at radius 1 is 1.04 bits per heavy atom. The van der Waals surface area contributed by atoms with Crippen LogP contribution in [-0.2, 0) is 9.59 Å². The number of hydrogen-bond donors (Lipinski definition) is 1. The van der Waals surface area contributed by atoms with Gasteiger partial charge in [-0.05, 0) is 36.8 Å².